The Morgan fingerprint density at radius 1 is 1.30 bits per heavy atom. The summed E-state index contributed by atoms with van der Waals surface area (Å²) in [5, 5.41) is 3.35. The molecule has 0 bridgehead atoms. The van der Waals surface area contributed by atoms with Crippen molar-refractivity contribution >= 4 is 5.78 Å². The number of benzene rings is 1. The van der Waals surface area contributed by atoms with Gasteiger partial charge in [-0.25, -0.2) is 0 Å². The molecule has 0 radical (unpaired) electrons. The van der Waals surface area contributed by atoms with Crippen molar-refractivity contribution in [2.75, 3.05) is 20.2 Å². The molecule has 1 fully saturated rings. The predicted molar refractivity (Wildman–Crippen MR) is 81.6 cm³/mol. The van der Waals surface area contributed by atoms with Gasteiger partial charge in [0.25, 0.3) is 0 Å². The largest absolute Gasteiger partial charge is 0.496 e. The quantitative estimate of drug-likeness (QED) is 0.857. The summed E-state index contributed by atoms with van der Waals surface area (Å²) in [5.74, 6) is 1.00. The molecule has 0 spiro atoms. The number of rotatable bonds is 4. The molecule has 1 aromatic carbocycles. The maximum absolute atomic E-state index is 13.1. The number of methoxy groups -OCH3 is 1. The van der Waals surface area contributed by atoms with Gasteiger partial charge in [0, 0.05) is 5.41 Å². The minimum atomic E-state index is -0.222. The van der Waals surface area contributed by atoms with E-state index in [9.17, 15) is 4.79 Å². The molecule has 1 heterocycles. The van der Waals surface area contributed by atoms with Gasteiger partial charge < -0.3 is 10.1 Å². The monoisotopic (exact) mass is 275 g/mol. The third kappa shape index (κ3) is 2.47. The molecule has 0 amide bonds. The van der Waals surface area contributed by atoms with Crippen molar-refractivity contribution in [2.24, 2.45) is 5.41 Å². The summed E-state index contributed by atoms with van der Waals surface area (Å²) in [7, 11) is 1.65. The van der Waals surface area contributed by atoms with Crippen LogP contribution in [0.25, 0.3) is 0 Å². The molecule has 0 aromatic heterocycles. The molecule has 1 aromatic rings. The minimum absolute atomic E-state index is 0.222. The van der Waals surface area contributed by atoms with Gasteiger partial charge in [-0.3, -0.25) is 4.79 Å². The van der Waals surface area contributed by atoms with Crippen molar-refractivity contribution in [2.45, 2.75) is 40.0 Å². The lowest BCUT2D eigenvalue weighted by Crippen LogP contribution is -2.42. The van der Waals surface area contributed by atoms with Crippen LogP contribution >= 0.6 is 0 Å². The van der Waals surface area contributed by atoms with E-state index in [1.54, 1.807) is 7.11 Å². The second kappa shape index (κ2) is 5.96. The van der Waals surface area contributed by atoms with Crippen LogP contribution < -0.4 is 10.1 Å². The van der Waals surface area contributed by atoms with Crippen LogP contribution in [-0.2, 0) is 0 Å². The number of piperidine rings is 1. The van der Waals surface area contributed by atoms with Crippen molar-refractivity contribution in [3.63, 3.8) is 0 Å². The SMILES string of the molecule is CCC1(C(=O)c2ccc(C)c(C)c2OC)CCNCC1. The van der Waals surface area contributed by atoms with Crippen LogP contribution in [0, 0.1) is 19.3 Å². The first kappa shape index (κ1) is 15.0. The fraction of sp³-hybridized carbons (Fsp3) is 0.588. The third-order valence-electron chi connectivity index (χ3n) is 4.84. The number of hydrogen-bond acceptors (Lipinski definition) is 3. The third-order valence-corrected chi connectivity index (χ3v) is 4.84. The second-order valence-electron chi connectivity index (χ2n) is 5.80. The van der Waals surface area contributed by atoms with Crippen LogP contribution in [0.15, 0.2) is 12.1 Å². The van der Waals surface area contributed by atoms with Gasteiger partial charge in [-0.05, 0) is 63.4 Å². The molecule has 0 aliphatic carbocycles. The van der Waals surface area contributed by atoms with Crippen molar-refractivity contribution in [1.82, 2.24) is 5.32 Å². The van der Waals surface area contributed by atoms with E-state index in [-0.39, 0.29) is 11.2 Å². The Labute approximate surface area is 121 Å². The topological polar surface area (TPSA) is 38.3 Å². The van der Waals surface area contributed by atoms with E-state index in [2.05, 4.69) is 12.2 Å². The molecular formula is C17H25NO2. The Bertz CT molecular complexity index is 502. The first-order chi connectivity index (χ1) is 9.55. The molecule has 0 saturated carbocycles. The summed E-state index contributed by atoms with van der Waals surface area (Å²) in [6.45, 7) is 8.04. The zero-order chi connectivity index (χ0) is 14.8. The predicted octanol–water partition coefficient (Wildman–Crippen LogP) is 3.27. The van der Waals surface area contributed by atoms with Crippen LogP contribution in [0.5, 0.6) is 5.75 Å². The van der Waals surface area contributed by atoms with E-state index in [4.69, 9.17) is 4.74 Å². The first-order valence-corrected chi connectivity index (χ1v) is 7.45. The maximum atomic E-state index is 13.1. The number of hydrogen-bond donors (Lipinski definition) is 1. The average Bonchev–Trinajstić information content (AvgIpc) is 2.49. The molecule has 1 aliphatic rings. The zero-order valence-corrected chi connectivity index (χ0v) is 13.0. The molecule has 1 N–H and O–H groups in total. The molecular weight excluding hydrogens is 250 g/mol. The Balaban J connectivity index is 2.44. The number of ketones is 1. The number of carbonyl (C=O) groups is 1. The average molecular weight is 275 g/mol. The molecule has 20 heavy (non-hydrogen) atoms. The van der Waals surface area contributed by atoms with Gasteiger partial charge in [-0.15, -0.1) is 0 Å². The van der Waals surface area contributed by atoms with E-state index in [0.29, 0.717) is 0 Å². The van der Waals surface area contributed by atoms with E-state index < -0.39 is 0 Å². The lowest BCUT2D eigenvalue weighted by molar-refractivity contribution is 0.0714. The Morgan fingerprint density at radius 2 is 1.95 bits per heavy atom. The van der Waals surface area contributed by atoms with Gasteiger partial charge in [-0.2, -0.15) is 0 Å². The van der Waals surface area contributed by atoms with Gasteiger partial charge in [0.15, 0.2) is 5.78 Å². The lowest BCUT2D eigenvalue weighted by Gasteiger charge is -2.36. The highest BCUT2D eigenvalue weighted by molar-refractivity contribution is 6.03. The number of carbonyl (C=O) groups excluding carboxylic acids is 1. The summed E-state index contributed by atoms with van der Waals surface area (Å²) in [5.41, 5.74) is 2.76. The Hall–Kier alpha value is -1.35. The van der Waals surface area contributed by atoms with Gasteiger partial charge in [-0.1, -0.05) is 13.0 Å². The number of ether oxygens (including phenoxy) is 1. The standard InChI is InChI=1S/C17H25NO2/c1-5-17(8-10-18-11-9-17)16(19)14-7-6-12(2)13(3)15(14)20-4/h6-7,18H,5,8-11H2,1-4H3. The highest BCUT2D eigenvalue weighted by Crippen LogP contribution is 2.39. The second-order valence-corrected chi connectivity index (χ2v) is 5.80. The normalized spacial score (nSPS) is 17.8. The molecule has 2 rings (SSSR count). The highest BCUT2D eigenvalue weighted by Gasteiger charge is 2.39. The van der Waals surface area contributed by atoms with Gasteiger partial charge in [0.1, 0.15) is 5.75 Å². The van der Waals surface area contributed by atoms with Gasteiger partial charge in [0.2, 0.25) is 0 Å². The van der Waals surface area contributed by atoms with E-state index in [1.807, 2.05) is 26.0 Å². The van der Waals surface area contributed by atoms with E-state index in [0.717, 1.165) is 54.8 Å². The van der Waals surface area contributed by atoms with Crippen molar-refractivity contribution < 1.29 is 9.53 Å². The van der Waals surface area contributed by atoms with Crippen LogP contribution in [0.2, 0.25) is 0 Å². The summed E-state index contributed by atoms with van der Waals surface area (Å²) in [6, 6.07) is 3.96. The maximum Gasteiger partial charge on any atom is 0.172 e. The smallest absolute Gasteiger partial charge is 0.172 e. The Morgan fingerprint density at radius 3 is 2.50 bits per heavy atom. The van der Waals surface area contributed by atoms with Gasteiger partial charge >= 0.3 is 0 Å². The minimum Gasteiger partial charge on any atom is -0.496 e. The molecule has 1 saturated heterocycles. The fourth-order valence-corrected chi connectivity index (χ4v) is 3.16. The molecule has 3 nitrogen and oxygen atoms in total. The number of Topliss-reactive ketones (excluding diaryl/α,β-unsaturated/α-hetero) is 1. The molecule has 0 atom stereocenters. The van der Waals surface area contributed by atoms with Crippen LogP contribution in [0.1, 0.15) is 47.7 Å². The molecule has 110 valence electrons. The zero-order valence-electron chi connectivity index (χ0n) is 13.0. The fourth-order valence-electron chi connectivity index (χ4n) is 3.16. The van der Waals surface area contributed by atoms with Crippen LogP contribution in [-0.4, -0.2) is 26.0 Å². The number of nitrogens with one attached hydrogen (secondary N) is 1. The van der Waals surface area contributed by atoms with Crippen molar-refractivity contribution in [1.29, 1.82) is 0 Å². The van der Waals surface area contributed by atoms with Crippen LogP contribution in [0.4, 0.5) is 0 Å². The van der Waals surface area contributed by atoms with Crippen molar-refractivity contribution in [3.05, 3.63) is 28.8 Å². The molecule has 1 aliphatic heterocycles. The van der Waals surface area contributed by atoms with Gasteiger partial charge in [0.05, 0.1) is 12.7 Å². The highest BCUT2D eigenvalue weighted by atomic mass is 16.5. The summed E-state index contributed by atoms with van der Waals surface area (Å²) >= 11 is 0. The van der Waals surface area contributed by atoms with E-state index >= 15 is 0 Å². The Kier molecular flexibility index (Phi) is 4.48. The summed E-state index contributed by atoms with van der Waals surface area (Å²) < 4.78 is 5.52. The van der Waals surface area contributed by atoms with E-state index in [1.165, 1.54) is 0 Å². The summed E-state index contributed by atoms with van der Waals surface area (Å²) in [6.07, 6.45) is 2.72. The van der Waals surface area contributed by atoms with Crippen LogP contribution in [0.3, 0.4) is 0 Å². The summed E-state index contributed by atoms with van der Waals surface area (Å²) in [4.78, 5) is 13.1. The first-order valence-electron chi connectivity index (χ1n) is 7.45. The lowest BCUT2D eigenvalue weighted by atomic mass is 9.71. The molecule has 0 unspecified atom stereocenters. The molecule has 3 heteroatoms. The number of aryl methyl sites for hydroxylation is 1. The van der Waals surface area contributed by atoms with Crippen molar-refractivity contribution in [3.8, 4) is 5.75 Å².